The summed E-state index contributed by atoms with van der Waals surface area (Å²) in [5.74, 6) is 1.47. The number of aliphatic imine (C=N–C) groups is 1. The van der Waals surface area contributed by atoms with Gasteiger partial charge >= 0.3 is 0 Å². The molecule has 1 N–H and O–H groups in total. The number of fused-ring (bicyclic) bond motifs is 1. The van der Waals surface area contributed by atoms with Gasteiger partial charge in [-0.05, 0) is 54.2 Å². The first-order chi connectivity index (χ1) is 13.3. The smallest absolute Gasteiger partial charge is 0.258 e. The van der Waals surface area contributed by atoms with Crippen LogP contribution in [0.3, 0.4) is 0 Å². The molecular weight excluding hydrogens is 342 g/mol. The molecule has 0 radical (unpaired) electrons. The zero-order valence-corrected chi connectivity index (χ0v) is 14.7. The van der Waals surface area contributed by atoms with Crippen molar-refractivity contribution in [2.24, 2.45) is 10.9 Å². The maximum absolute atomic E-state index is 9.98. The molecule has 2 aliphatic heterocycles. The van der Waals surface area contributed by atoms with E-state index >= 15 is 0 Å². The van der Waals surface area contributed by atoms with Crippen LogP contribution in [0.25, 0.3) is 22.8 Å². The molecule has 1 atom stereocenters. The standard InChI is InChI=1S/C21H19N3O3/c25-18-4-2-1-3-17(18)20-23-21(27-24-20)14-5-6-16-15(11-14)12-22-19(16)13-7-9-26-10-8-13/h1-6,11-13,19,25H,7-10H2. The van der Waals surface area contributed by atoms with Crippen molar-refractivity contribution in [1.29, 1.82) is 0 Å². The lowest BCUT2D eigenvalue weighted by atomic mass is 9.87. The summed E-state index contributed by atoms with van der Waals surface area (Å²) in [4.78, 5) is 9.19. The van der Waals surface area contributed by atoms with Gasteiger partial charge in [0, 0.05) is 25.0 Å². The highest BCUT2D eigenvalue weighted by atomic mass is 16.5. The van der Waals surface area contributed by atoms with Crippen molar-refractivity contribution in [3.8, 4) is 28.6 Å². The highest BCUT2D eigenvalue weighted by molar-refractivity contribution is 5.87. The van der Waals surface area contributed by atoms with Crippen LogP contribution in [0.1, 0.15) is 30.0 Å². The van der Waals surface area contributed by atoms with E-state index in [0.29, 0.717) is 23.2 Å². The second-order valence-electron chi connectivity index (χ2n) is 6.96. The van der Waals surface area contributed by atoms with Crippen LogP contribution in [0.2, 0.25) is 0 Å². The number of nitrogens with zero attached hydrogens (tertiary/aromatic N) is 3. The average molecular weight is 361 g/mol. The summed E-state index contributed by atoms with van der Waals surface area (Å²) in [6.45, 7) is 1.64. The number of phenols is 1. The summed E-state index contributed by atoms with van der Waals surface area (Å²) >= 11 is 0. The summed E-state index contributed by atoms with van der Waals surface area (Å²) in [6.07, 6.45) is 4.05. The minimum absolute atomic E-state index is 0.130. The second kappa shape index (κ2) is 6.63. The zero-order chi connectivity index (χ0) is 18.2. The van der Waals surface area contributed by atoms with Crippen LogP contribution in [0, 0.1) is 5.92 Å². The fraction of sp³-hybridized carbons (Fsp3) is 0.286. The monoisotopic (exact) mass is 361 g/mol. The van der Waals surface area contributed by atoms with Crippen LogP contribution in [0.15, 0.2) is 52.0 Å². The summed E-state index contributed by atoms with van der Waals surface area (Å²) in [6, 6.07) is 13.3. The summed E-state index contributed by atoms with van der Waals surface area (Å²) in [5, 5.41) is 14.0. The SMILES string of the molecule is Oc1ccccc1-c1noc(-c2ccc3c(c2)C=NC3C2CCOCC2)n1. The van der Waals surface area contributed by atoms with Crippen LogP contribution in [0.4, 0.5) is 0 Å². The number of benzene rings is 2. The first kappa shape index (κ1) is 16.2. The Morgan fingerprint density at radius 2 is 1.89 bits per heavy atom. The Labute approximate surface area is 156 Å². The van der Waals surface area contributed by atoms with Crippen LogP contribution < -0.4 is 0 Å². The molecule has 1 fully saturated rings. The summed E-state index contributed by atoms with van der Waals surface area (Å²) in [7, 11) is 0. The minimum atomic E-state index is 0.130. The molecule has 136 valence electrons. The van der Waals surface area contributed by atoms with E-state index < -0.39 is 0 Å². The highest BCUT2D eigenvalue weighted by Gasteiger charge is 2.29. The Morgan fingerprint density at radius 3 is 2.74 bits per heavy atom. The Hall–Kier alpha value is -2.99. The van der Waals surface area contributed by atoms with E-state index in [4.69, 9.17) is 14.3 Å². The molecule has 1 aromatic heterocycles. The molecule has 1 unspecified atom stereocenters. The van der Waals surface area contributed by atoms with Gasteiger partial charge in [-0.25, -0.2) is 0 Å². The molecule has 0 bridgehead atoms. The van der Waals surface area contributed by atoms with Crippen LogP contribution >= 0.6 is 0 Å². The van der Waals surface area contributed by atoms with Crippen molar-refractivity contribution < 1.29 is 14.4 Å². The van der Waals surface area contributed by atoms with Crippen molar-refractivity contribution in [2.75, 3.05) is 13.2 Å². The number of aromatic nitrogens is 2. The fourth-order valence-corrected chi connectivity index (χ4v) is 3.85. The first-order valence-electron chi connectivity index (χ1n) is 9.17. The van der Waals surface area contributed by atoms with Gasteiger partial charge in [0.15, 0.2) is 0 Å². The number of hydrogen-bond acceptors (Lipinski definition) is 6. The summed E-state index contributed by atoms with van der Waals surface area (Å²) < 4.78 is 10.9. The molecule has 27 heavy (non-hydrogen) atoms. The van der Waals surface area contributed by atoms with Crippen LogP contribution in [-0.4, -0.2) is 34.7 Å². The Balaban J connectivity index is 1.43. The van der Waals surface area contributed by atoms with E-state index in [9.17, 15) is 5.11 Å². The van der Waals surface area contributed by atoms with E-state index in [0.717, 1.165) is 37.2 Å². The Kier molecular flexibility index (Phi) is 3.98. The van der Waals surface area contributed by atoms with Crippen molar-refractivity contribution in [3.05, 3.63) is 53.6 Å². The maximum Gasteiger partial charge on any atom is 0.258 e. The number of rotatable bonds is 3. The van der Waals surface area contributed by atoms with Crippen molar-refractivity contribution in [2.45, 2.75) is 18.9 Å². The molecule has 6 nitrogen and oxygen atoms in total. The second-order valence-corrected chi connectivity index (χ2v) is 6.96. The van der Waals surface area contributed by atoms with Gasteiger partial charge in [-0.3, -0.25) is 4.99 Å². The molecule has 1 saturated heterocycles. The predicted molar refractivity (Wildman–Crippen MR) is 101 cm³/mol. The van der Waals surface area contributed by atoms with E-state index in [2.05, 4.69) is 16.2 Å². The molecule has 0 saturated carbocycles. The van der Waals surface area contributed by atoms with Gasteiger partial charge in [0.2, 0.25) is 5.82 Å². The van der Waals surface area contributed by atoms with E-state index in [1.165, 1.54) is 5.56 Å². The van der Waals surface area contributed by atoms with E-state index in [1.807, 2.05) is 24.4 Å². The fourth-order valence-electron chi connectivity index (χ4n) is 3.85. The van der Waals surface area contributed by atoms with Crippen molar-refractivity contribution in [1.82, 2.24) is 10.1 Å². The molecule has 5 rings (SSSR count). The average Bonchev–Trinajstić information content (AvgIpc) is 3.36. The molecule has 0 aliphatic carbocycles. The van der Waals surface area contributed by atoms with Gasteiger partial charge in [0.1, 0.15) is 5.75 Å². The molecule has 0 spiro atoms. The van der Waals surface area contributed by atoms with Crippen LogP contribution in [0.5, 0.6) is 5.75 Å². The lowest BCUT2D eigenvalue weighted by Crippen LogP contribution is -2.20. The highest BCUT2D eigenvalue weighted by Crippen LogP contribution is 2.39. The molecule has 2 aliphatic rings. The lowest BCUT2D eigenvalue weighted by molar-refractivity contribution is 0.0590. The Bertz CT molecular complexity index is 1010. The predicted octanol–water partition coefficient (Wildman–Crippen LogP) is 4.01. The number of aromatic hydroxyl groups is 1. The third-order valence-corrected chi connectivity index (χ3v) is 5.31. The molecule has 6 heteroatoms. The van der Waals surface area contributed by atoms with Crippen LogP contribution in [-0.2, 0) is 4.74 Å². The minimum Gasteiger partial charge on any atom is -0.507 e. The van der Waals surface area contributed by atoms with Crippen molar-refractivity contribution in [3.63, 3.8) is 0 Å². The van der Waals surface area contributed by atoms with Gasteiger partial charge in [0.05, 0.1) is 11.6 Å². The lowest BCUT2D eigenvalue weighted by Gasteiger charge is -2.26. The van der Waals surface area contributed by atoms with E-state index in [-0.39, 0.29) is 11.8 Å². The summed E-state index contributed by atoms with van der Waals surface area (Å²) in [5.41, 5.74) is 3.76. The maximum atomic E-state index is 9.98. The third-order valence-electron chi connectivity index (χ3n) is 5.31. The molecule has 3 heterocycles. The number of ether oxygens (including phenoxy) is 1. The third kappa shape index (κ3) is 2.92. The molecule has 0 amide bonds. The quantitative estimate of drug-likeness (QED) is 0.762. The van der Waals surface area contributed by atoms with Gasteiger partial charge in [-0.1, -0.05) is 23.4 Å². The van der Waals surface area contributed by atoms with E-state index in [1.54, 1.807) is 18.2 Å². The molecule has 2 aromatic carbocycles. The van der Waals surface area contributed by atoms with Crippen molar-refractivity contribution >= 4 is 6.21 Å². The normalized spacial score (nSPS) is 19.3. The molecule has 3 aromatic rings. The van der Waals surface area contributed by atoms with Gasteiger partial charge in [-0.2, -0.15) is 4.98 Å². The molecular formula is C21H19N3O3. The number of phenolic OH excluding ortho intramolecular Hbond substituents is 1. The number of para-hydroxylation sites is 1. The topological polar surface area (TPSA) is 80.7 Å². The zero-order valence-electron chi connectivity index (χ0n) is 14.7. The van der Waals surface area contributed by atoms with Gasteiger partial charge < -0.3 is 14.4 Å². The largest absolute Gasteiger partial charge is 0.507 e. The van der Waals surface area contributed by atoms with Gasteiger partial charge in [-0.15, -0.1) is 0 Å². The van der Waals surface area contributed by atoms with Gasteiger partial charge in [0.25, 0.3) is 5.89 Å². The number of hydrogen-bond donors (Lipinski definition) is 1. The first-order valence-corrected chi connectivity index (χ1v) is 9.17. The Morgan fingerprint density at radius 1 is 1.04 bits per heavy atom.